The Morgan fingerprint density at radius 3 is 2.40 bits per heavy atom. The Bertz CT molecular complexity index is 1020. The number of benzene rings is 1. The number of carbonyl (C=O) groups excluding carboxylic acids is 4. The van der Waals surface area contributed by atoms with Crippen molar-refractivity contribution in [2.75, 3.05) is 0 Å². The van der Waals surface area contributed by atoms with E-state index in [1.807, 2.05) is 0 Å². The van der Waals surface area contributed by atoms with Crippen LogP contribution in [0.5, 0.6) is 0 Å². The summed E-state index contributed by atoms with van der Waals surface area (Å²) in [7, 11) is 0. The minimum atomic E-state index is -0.587. The lowest BCUT2D eigenvalue weighted by Crippen LogP contribution is -2.66. The zero-order chi connectivity index (χ0) is 21.1. The lowest BCUT2D eigenvalue weighted by molar-refractivity contribution is -0.187. The number of rotatable bonds is 4. The van der Waals surface area contributed by atoms with Crippen molar-refractivity contribution in [2.24, 2.45) is 11.8 Å². The molecule has 6 rings (SSSR count). The van der Waals surface area contributed by atoms with Crippen LogP contribution >= 0.6 is 0 Å². The van der Waals surface area contributed by atoms with Crippen LogP contribution in [-0.2, 0) is 14.3 Å². The fourth-order valence-corrected chi connectivity index (χ4v) is 6.49. The van der Waals surface area contributed by atoms with Crippen LogP contribution in [0.3, 0.4) is 0 Å². The zero-order valence-corrected chi connectivity index (χ0v) is 16.6. The van der Waals surface area contributed by atoms with Gasteiger partial charge in [0.05, 0.1) is 5.57 Å². The predicted molar refractivity (Wildman–Crippen MR) is 108 cm³/mol. The third kappa shape index (κ3) is 2.93. The summed E-state index contributed by atoms with van der Waals surface area (Å²) >= 11 is 0. The Morgan fingerprint density at radius 2 is 1.73 bits per heavy atom. The van der Waals surface area contributed by atoms with E-state index in [1.54, 1.807) is 24.3 Å². The Kier molecular flexibility index (Phi) is 4.10. The fourth-order valence-electron chi connectivity index (χ4n) is 6.49. The standard InChI is InChI=1S/C24H23NO5/c1-2-20(27)30-24-11-14-7-15(12-24)10-23(9-14,13-24)25-22(29)18-8-19(26)16-5-3-4-6-17(16)21(18)28/h2-6,8,14-15H,1,7,9-13H2,(H,25,29). The number of nitrogens with one attached hydrogen (secondary N) is 1. The van der Waals surface area contributed by atoms with E-state index >= 15 is 0 Å². The highest BCUT2D eigenvalue weighted by Gasteiger charge is 2.60. The van der Waals surface area contributed by atoms with Gasteiger partial charge in [0.1, 0.15) is 5.60 Å². The smallest absolute Gasteiger partial charge is 0.330 e. The molecular weight excluding hydrogens is 382 g/mol. The van der Waals surface area contributed by atoms with E-state index in [9.17, 15) is 19.2 Å². The van der Waals surface area contributed by atoms with Gasteiger partial charge in [-0.25, -0.2) is 4.79 Å². The minimum absolute atomic E-state index is 0.119. The Labute approximate surface area is 174 Å². The number of ketones is 2. The quantitative estimate of drug-likeness (QED) is 0.473. The maximum Gasteiger partial charge on any atom is 0.330 e. The van der Waals surface area contributed by atoms with Crippen molar-refractivity contribution < 1.29 is 23.9 Å². The van der Waals surface area contributed by atoms with Crippen LogP contribution in [0.4, 0.5) is 0 Å². The topological polar surface area (TPSA) is 89.5 Å². The summed E-state index contributed by atoms with van der Waals surface area (Å²) in [4.78, 5) is 50.4. The molecule has 1 N–H and O–H groups in total. The van der Waals surface area contributed by atoms with Gasteiger partial charge in [-0.15, -0.1) is 0 Å². The van der Waals surface area contributed by atoms with Gasteiger partial charge in [-0.05, 0) is 43.9 Å². The SMILES string of the molecule is C=CC(=O)OC12CC3CC(CC(NC(=O)C4=CC(=O)c5ccccc5C4=O)(C3)C1)C2. The lowest BCUT2D eigenvalue weighted by Gasteiger charge is -2.61. The molecule has 4 bridgehead atoms. The summed E-state index contributed by atoms with van der Waals surface area (Å²) in [6.07, 6.45) is 7.13. The molecule has 6 heteroatoms. The minimum Gasteiger partial charge on any atom is -0.456 e. The van der Waals surface area contributed by atoms with E-state index < -0.39 is 28.8 Å². The van der Waals surface area contributed by atoms with Crippen molar-refractivity contribution >= 4 is 23.4 Å². The molecule has 1 amide bonds. The summed E-state index contributed by atoms with van der Waals surface area (Å²) in [6.45, 7) is 3.50. The molecule has 4 saturated carbocycles. The maximum atomic E-state index is 13.2. The van der Waals surface area contributed by atoms with E-state index in [2.05, 4.69) is 11.9 Å². The van der Waals surface area contributed by atoms with Gasteiger partial charge in [-0.1, -0.05) is 30.8 Å². The summed E-state index contributed by atoms with van der Waals surface area (Å²) in [5, 5.41) is 3.09. The predicted octanol–water partition coefficient (Wildman–Crippen LogP) is 2.93. The van der Waals surface area contributed by atoms with Crippen LogP contribution in [0.2, 0.25) is 0 Å². The number of fused-ring (bicyclic) bond motifs is 1. The number of Topliss-reactive ketones (excluding diaryl/α,β-unsaturated/α-hetero) is 1. The summed E-state index contributed by atoms with van der Waals surface area (Å²) in [5.41, 5.74) is -0.646. The van der Waals surface area contributed by atoms with E-state index in [4.69, 9.17) is 4.74 Å². The van der Waals surface area contributed by atoms with Crippen molar-refractivity contribution in [1.82, 2.24) is 5.32 Å². The summed E-state index contributed by atoms with van der Waals surface area (Å²) in [5.74, 6) is -0.997. The molecule has 5 aliphatic rings. The highest BCUT2D eigenvalue weighted by atomic mass is 16.6. The van der Waals surface area contributed by atoms with Crippen molar-refractivity contribution in [2.45, 2.75) is 49.7 Å². The first-order valence-corrected chi connectivity index (χ1v) is 10.4. The zero-order valence-electron chi connectivity index (χ0n) is 16.6. The number of allylic oxidation sites excluding steroid dienone is 1. The number of carbonyl (C=O) groups is 4. The lowest BCUT2D eigenvalue weighted by atomic mass is 9.51. The third-order valence-electron chi connectivity index (χ3n) is 7.07. The second-order valence-corrected chi connectivity index (χ2v) is 9.30. The molecular formula is C24H23NO5. The van der Waals surface area contributed by atoms with Crippen LogP contribution < -0.4 is 5.32 Å². The average molecular weight is 405 g/mol. The van der Waals surface area contributed by atoms with Gasteiger partial charge in [0.15, 0.2) is 11.6 Å². The number of hydrogen-bond acceptors (Lipinski definition) is 5. The number of hydrogen-bond donors (Lipinski definition) is 1. The molecule has 0 saturated heterocycles. The van der Waals surface area contributed by atoms with Crippen molar-refractivity contribution in [3.63, 3.8) is 0 Å². The van der Waals surface area contributed by atoms with Crippen LogP contribution in [0, 0.1) is 11.8 Å². The van der Waals surface area contributed by atoms with Crippen LogP contribution in [-0.4, -0.2) is 34.6 Å². The molecule has 0 radical (unpaired) electrons. The molecule has 2 atom stereocenters. The molecule has 0 aliphatic heterocycles. The van der Waals surface area contributed by atoms with Crippen LogP contribution in [0.15, 0.2) is 48.6 Å². The monoisotopic (exact) mass is 405 g/mol. The molecule has 0 aromatic heterocycles. The first kappa shape index (κ1) is 19.0. The van der Waals surface area contributed by atoms with Crippen molar-refractivity contribution in [3.05, 3.63) is 59.7 Å². The number of amides is 1. The molecule has 2 unspecified atom stereocenters. The second-order valence-electron chi connectivity index (χ2n) is 9.30. The summed E-state index contributed by atoms with van der Waals surface area (Å²) in [6, 6.07) is 6.55. The summed E-state index contributed by atoms with van der Waals surface area (Å²) < 4.78 is 5.79. The molecule has 154 valence electrons. The van der Waals surface area contributed by atoms with E-state index in [1.165, 1.54) is 6.08 Å². The van der Waals surface area contributed by atoms with E-state index in [0.29, 0.717) is 23.8 Å². The van der Waals surface area contributed by atoms with Gasteiger partial charge >= 0.3 is 5.97 Å². The molecule has 1 aromatic carbocycles. The molecule has 0 heterocycles. The number of esters is 1. The van der Waals surface area contributed by atoms with Gasteiger partial charge in [0.25, 0.3) is 5.91 Å². The molecule has 4 fully saturated rings. The maximum absolute atomic E-state index is 13.2. The van der Waals surface area contributed by atoms with E-state index in [0.717, 1.165) is 38.2 Å². The molecule has 0 spiro atoms. The largest absolute Gasteiger partial charge is 0.456 e. The highest BCUT2D eigenvalue weighted by molar-refractivity contribution is 6.34. The normalized spacial score (nSPS) is 33.5. The third-order valence-corrected chi connectivity index (χ3v) is 7.07. The molecule has 1 aromatic rings. The van der Waals surface area contributed by atoms with Gasteiger partial charge in [-0.2, -0.15) is 0 Å². The number of ether oxygens (including phenoxy) is 1. The fraction of sp³-hybridized carbons (Fsp3) is 0.417. The van der Waals surface area contributed by atoms with Crippen LogP contribution in [0.25, 0.3) is 0 Å². The van der Waals surface area contributed by atoms with Gasteiger partial charge < -0.3 is 10.1 Å². The first-order chi connectivity index (χ1) is 14.3. The van der Waals surface area contributed by atoms with Gasteiger partial charge in [-0.3, -0.25) is 14.4 Å². The Morgan fingerprint density at radius 1 is 1.07 bits per heavy atom. The van der Waals surface area contributed by atoms with Gasteiger partial charge in [0, 0.05) is 35.2 Å². The first-order valence-electron chi connectivity index (χ1n) is 10.4. The second kappa shape index (κ2) is 6.49. The Hall–Kier alpha value is -3.02. The molecule has 30 heavy (non-hydrogen) atoms. The Balaban J connectivity index is 1.41. The van der Waals surface area contributed by atoms with Crippen molar-refractivity contribution in [1.29, 1.82) is 0 Å². The highest BCUT2D eigenvalue weighted by Crippen LogP contribution is 2.59. The molecule has 5 aliphatic carbocycles. The molecule has 6 nitrogen and oxygen atoms in total. The van der Waals surface area contributed by atoms with Crippen LogP contribution in [0.1, 0.15) is 59.2 Å². The average Bonchev–Trinajstić information content (AvgIpc) is 2.68. The van der Waals surface area contributed by atoms with E-state index in [-0.39, 0.29) is 16.9 Å². The van der Waals surface area contributed by atoms with Crippen molar-refractivity contribution in [3.8, 4) is 0 Å². The van der Waals surface area contributed by atoms with Gasteiger partial charge in [0.2, 0.25) is 0 Å².